The molecular weight excluding hydrogens is 206 g/mol. The van der Waals surface area contributed by atoms with E-state index in [-0.39, 0.29) is 11.8 Å². The van der Waals surface area contributed by atoms with Gasteiger partial charge in [0.2, 0.25) is 5.91 Å². The highest BCUT2D eigenvalue weighted by molar-refractivity contribution is 5.80. The minimum atomic E-state index is -0.783. The summed E-state index contributed by atoms with van der Waals surface area (Å²) >= 11 is 0. The van der Waals surface area contributed by atoms with Crippen molar-refractivity contribution in [3.05, 3.63) is 0 Å². The fraction of sp³-hybridized carbons (Fsp3) is 0.833. The third kappa shape index (κ3) is 3.22. The molecule has 0 radical (unpaired) electrons. The largest absolute Gasteiger partial charge is 0.481 e. The Bertz CT molecular complexity index is 275. The van der Waals surface area contributed by atoms with Gasteiger partial charge in [-0.15, -0.1) is 0 Å². The summed E-state index contributed by atoms with van der Waals surface area (Å²) in [5, 5.41) is 8.95. The number of likely N-dealkylation sites (tertiary alicyclic amines) is 1. The summed E-state index contributed by atoms with van der Waals surface area (Å²) < 4.78 is 0. The lowest BCUT2D eigenvalue weighted by Crippen LogP contribution is -2.44. The number of carbonyl (C=O) groups is 2. The molecule has 1 aliphatic rings. The van der Waals surface area contributed by atoms with Gasteiger partial charge in [-0.05, 0) is 18.3 Å². The molecule has 2 unspecified atom stereocenters. The van der Waals surface area contributed by atoms with Crippen LogP contribution in [0.2, 0.25) is 0 Å². The van der Waals surface area contributed by atoms with E-state index in [9.17, 15) is 9.59 Å². The number of hydrogen-bond donors (Lipinski definition) is 1. The lowest BCUT2D eigenvalue weighted by Gasteiger charge is -2.33. The maximum absolute atomic E-state index is 11.7. The van der Waals surface area contributed by atoms with E-state index in [1.165, 1.54) is 0 Å². The van der Waals surface area contributed by atoms with Crippen molar-refractivity contribution in [3.8, 4) is 0 Å². The fourth-order valence-corrected chi connectivity index (χ4v) is 1.85. The Morgan fingerprint density at radius 3 is 2.62 bits per heavy atom. The molecule has 1 N–H and O–H groups in total. The summed E-state index contributed by atoms with van der Waals surface area (Å²) in [5.41, 5.74) is 0. The van der Waals surface area contributed by atoms with Gasteiger partial charge in [0, 0.05) is 19.5 Å². The molecule has 1 fully saturated rings. The van der Waals surface area contributed by atoms with Crippen LogP contribution in [0.25, 0.3) is 0 Å². The summed E-state index contributed by atoms with van der Waals surface area (Å²) in [7, 11) is 0. The number of carbonyl (C=O) groups excluding carboxylic acids is 1. The van der Waals surface area contributed by atoms with Gasteiger partial charge in [0.1, 0.15) is 0 Å². The Balaban J connectivity index is 2.56. The molecule has 0 aromatic heterocycles. The van der Waals surface area contributed by atoms with E-state index < -0.39 is 5.97 Å². The highest BCUT2D eigenvalue weighted by Crippen LogP contribution is 2.20. The molecule has 2 atom stereocenters. The number of nitrogens with zero attached hydrogens (tertiary/aromatic N) is 1. The molecule has 1 heterocycles. The first kappa shape index (κ1) is 13.0. The monoisotopic (exact) mass is 227 g/mol. The number of aliphatic carboxylic acids is 1. The number of amides is 1. The van der Waals surface area contributed by atoms with E-state index >= 15 is 0 Å². The summed E-state index contributed by atoms with van der Waals surface area (Å²) in [6.45, 7) is 7.40. The Morgan fingerprint density at radius 1 is 1.50 bits per heavy atom. The molecule has 1 amide bonds. The van der Waals surface area contributed by atoms with Gasteiger partial charge in [0.15, 0.2) is 0 Å². The van der Waals surface area contributed by atoms with E-state index in [1.807, 2.05) is 0 Å². The van der Waals surface area contributed by atoms with Crippen molar-refractivity contribution >= 4 is 11.9 Å². The number of hydrogen-bond acceptors (Lipinski definition) is 2. The molecule has 1 aliphatic heterocycles. The van der Waals surface area contributed by atoms with Gasteiger partial charge < -0.3 is 10.0 Å². The van der Waals surface area contributed by atoms with Gasteiger partial charge in [0.05, 0.1) is 5.92 Å². The standard InChI is InChI=1S/C12H21NO3/c1-8(2)9(3)6-13-7-10(12(15)16)4-5-11(13)14/h8-10H,4-7H2,1-3H3,(H,15,16). The zero-order valence-corrected chi connectivity index (χ0v) is 10.3. The van der Waals surface area contributed by atoms with Crippen LogP contribution in [0.3, 0.4) is 0 Å². The minimum Gasteiger partial charge on any atom is -0.481 e. The number of carboxylic acids is 1. The van der Waals surface area contributed by atoms with E-state index in [2.05, 4.69) is 20.8 Å². The molecule has 16 heavy (non-hydrogen) atoms. The van der Waals surface area contributed by atoms with Crippen molar-refractivity contribution in [2.45, 2.75) is 33.6 Å². The van der Waals surface area contributed by atoms with Crippen LogP contribution < -0.4 is 0 Å². The molecule has 0 aromatic carbocycles. The highest BCUT2D eigenvalue weighted by atomic mass is 16.4. The molecule has 4 nitrogen and oxygen atoms in total. The number of piperidine rings is 1. The van der Waals surface area contributed by atoms with Crippen molar-refractivity contribution in [3.63, 3.8) is 0 Å². The van der Waals surface area contributed by atoms with Gasteiger partial charge >= 0.3 is 5.97 Å². The Hall–Kier alpha value is -1.06. The van der Waals surface area contributed by atoms with E-state index in [1.54, 1.807) is 4.90 Å². The summed E-state index contributed by atoms with van der Waals surface area (Å²) in [6.07, 6.45) is 0.864. The quantitative estimate of drug-likeness (QED) is 0.793. The number of carboxylic acid groups (broad SMARTS) is 1. The number of rotatable bonds is 4. The second-order valence-electron chi connectivity index (χ2n) is 5.09. The van der Waals surface area contributed by atoms with Crippen LogP contribution in [0.5, 0.6) is 0 Å². The molecule has 0 saturated carbocycles. The minimum absolute atomic E-state index is 0.102. The normalized spacial score (nSPS) is 23.6. The smallest absolute Gasteiger partial charge is 0.308 e. The van der Waals surface area contributed by atoms with Crippen LogP contribution in [0, 0.1) is 17.8 Å². The first-order valence-electron chi connectivity index (χ1n) is 5.92. The van der Waals surface area contributed by atoms with Gasteiger partial charge in [-0.1, -0.05) is 20.8 Å². The molecule has 0 spiro atoms. The maximum atomic E-state index is 11.7. The predicted octanol–water partition coefficient (Wildman–Crippen LogP) is 1.60. The Morgan fingerprint density at radius 2 is 2.12 bits per heavy atom. The zero-order chi connectivity index (χ0) is 12.3. The first-order chi connectivity index (χ1) is 7.41. The van der Waals surface area contributed by atoms with Crippen LogP contribution in [0.1, 0.15) is 33.6 Å². The lowest BCUT2D eigenvalue weighted by molar-refractivity contribution is -0.147. The highest BCUT2D eigenvalue weighted by Gasteiger charge is 2.30. The molecule has 92 valence electrons. The average Bonchev–Trinajstić information content (AvgIpc) is 2.20. The third-order valence-electron chi connectivity index (χ3n) is 3.50. The first-order valence-corrected chi connectivity index (χ1v) is 5.92. The second kappa shape index (κ2) is 5.32. The van der Waals surface area contributed by atoms with Crippen LogP contribution >= 0.6 is 0 Å². The SMILES string of the molecule is CC(C)C(C)CN1CC(C(=O)O)CCC1=O. The van der Waals surface area contributed by atoms with Crippen molar-refractivity contribution in [1.82, 2.24) is 4.90 Å². The topological polar surface area (TPSA) is 57.6 Å². The second-order valence-corrected chi connectivity index (χ2v) is 5.09. The molecule has 1 rings (SSSR count). The predicted molar refractivity (Wildman–Crippen MR) is 60.9 cm³/mol. The molecular formula is C12H21NO3. The molecule has 0 bridgehead atoms. The van der Waals surface area contributed by atoms with Crippen molar-refractivity contribution in [2.24, 2.45) is 17.8 Å². The zero-order valence-electron chi connectivity index (χ0n) is 10.3. The van der Waals surface area contributed by atoms with Crippen LogP contribution in [-0.4, -0.2) is 35.0 Å². The van der Waals surface area contributed by atoms with Crippen LogP contribution in [0.4, 0.5) is 0 Å². The molecule has 0 aliphatic carbocycles. The summed E-state index contributed by atoms with van der Waals surface area (Å²) in [4.78, 5) is 24.3. The maximum Gasteiger partial charge on any atom is 0.308 e. The Kier molecular flexibility index (Phi) is 4.33. The summed E-state index contributed by atoms with van der Waals surface area (Å²) in [6, 6.07) is 0. The van der Waals surface area contributed by atoms with E-state index in [4.69, 9.17) is 5.11 Å². The fourth-order valence-electron chi connectivity index (χ4n) is 1.85. The van der Waals surface area contributed by atoms with Crippen LogP contribution in [0.15, 0.2) is 0 Å². The van der Waals surface area contributed by atoms with Crippen molar-refractivity contribution in [1.29, 1.82) is 0 Å². The Labute approximate surface area is 96.6 Å². The van der Waals surface area contributed by atoms with Gasteiger partial charge in [0.25, 0.3) is 0 Å². The molecule has 1 saturated heterocycles. The van der Waals surface area contributed by atoms with E-state index in [0.29, 0.717) is 37.8 Å². The average molecular weight is 227 g/mol. The summed E-state index contributed by atoms with van der Waals surface area (Å²) in [5.74, 6) is -0.133. The molecule has 4 heteroatoms. The van der Waals surface area contributed by atoms with Gasteiger partial charge in [-0.2, -0.15) is 0 Å². The molecule has 0 aromatic rings. The van der Waals surface area contributed by atoms with Gasteiger partial charge in [-0.3, -0.25) is 9.59 Å². The third-order valence-corrected chi connectivity index (χ3v) is 3.50. The van der Waals surface area contributed by atoms with Crippen LogP contribution in [-0.2, 0) is 9.59 Å². The van der Waals surface area contributed by atoms with Gasteiger partial charge in [-0.25, -0.2) is 0 Å². The van der Waals surface area contributed by atoms with Crippen molar-refractivity contribution < 1.29 is 14.7 Å². The van der Waals surface area contributed by atoms with E-state index in [0.717, 1.165) is 0 Å². The van der Waals surface area contributed by atoms with Crippen molar-refractivity contribution in [2.75, 3.05) is 13.1 Å². The lowest BCUT2D eigenvalue weighted by atomic mass is 9.93.